The van der Waals surface area contributed by atoms with E-state index in [9.17, 15) is 9.59 Å². The number of ether oxygens (including phenoxy) is 2. The summed E-state index contributed by atoms with van der Waals surface area (Å²) in [5, 5.41) is 0. The van der Waals surface area contributed by atoms with E-state index in [0.29, 0.717) is 5.57 Å². The van der Waals surface area contributed by atoms with Gasteiger partial charge < -0.3 is 9.47 Å². The van der Waals surface area contributed by atoms with Crippen molar-refractivity contribution in [2.75, 3.05) is 13.7 Å². The number of hydrogen-bond acceptors (Lipinski definition) is 4. The first kappa shape index (κ1) is 15.8. The minimum Gasteiger partial charge on any atom is -0.466 e. The van der Waals surface area contributed by atoms with Gasteiger partial charge in [0.25, 0.3) is 0 Å². The Kier molecular flexibility index (Phi) is 4.99. The molecule has 0 fully saturated rings. The fourth-order valence-electron chi connectivity index (χ4n) is 2.23. The summed E-state index contributed by atoms with van der Waals surface area (Å²) in [4.78, 5) is 25.1. The molecule has 0 saturated heterocycles. The topological polar surface area (TPSA) is 55.8 Å². The highest BCUT2D eigenvalue weighted by atomic mass is 16.6. The number of nitrogens with zero attached hydrogens (tertiary/aromatic N) is 1. The Balaban J connectivity index is 2.33. The smallest absolute Gasteiger partial charge is 0.417 e. The molecule has 0 N–H and O–H groups in total. The number of allylic oxidation sites excluding steroid dienone is 1. The van der Waals surface area contributed by atoms with Gasteiger partial charge in [0.2, 0.25) is 0 Å². The molecule has 1 aliphatic heterocycles. The van der Waals surface area contributed by atoms with Crippen molar-refractivity contribution in [3.8, 4) is 0 Å². The highest BCUT2D eigenvalue weighted by molar-refractivity contribution is 5.92. The molecule has 0 aromatic heterocycles. The molecule has 116 valence electrons. The molecule has 1 unspecified atom stereocenters. The number of amides is 1. The summed E-state index contributed by atoms with van der Waals surface area (Å²) in [6, 6.07) is 7.88. The Labute approximate surface area is 129 Å². The third kappa shape index (κ3) is 3.36. The van der Waals surface area contributed by atoms with Gasteiger partial charge in [0.15, 0.2) is 0 Å². The van der Waals surface area contributed by atoms with Crippen molar-refractivity contribution in [1.29, 1.82) is 0 Å². The quantitative estimate of drug-likeness (QED) is 0.805. The first-order chi connectivity index (χ1) is 10.6. The van der Waals surface area contributed by atoms with Crippen molar-refractivity contribution < 1.29 is 19.1 Å². The molecule has 22 heavy (non-hydrogen) atoms. The summed E-state index contributed by atoms with van der Waals surface area (Å²) in [6.07, 6.45) is 4.33. The predicted molar refractivity (Wildman–Crippen MR) is 82.0 cm³/mol. The summed E-state index contributed by atoms with van der Waals surface area (Å²) < 4.78 is 9.77. The van der Waals surface area contributed by atoms with E-state index < -0.39 is 12.1 Å². The van der Waals surface area contributed by atoms with Crippen LogP contribution in [0.1, 0.15) is 24.0 Å². The van der Waals surface area contributed by atoms with E-state index in [1.54, 1.807) is 19.2 Å². The average molecular weight is 301 g/mol. The first-order valence-corrected chi connectivity index (χ1v) is 7.06. The van der Waals surface area contributed by atoms with E-state index in [2.05, 4.69) is 0 Å². The van der Waals surface area contributed by atoms with Crippen LogP contribution in [0.25, 0.3) is 0 Å². The molecule has 1 aromatic carbocycles. The lowest BCUT2D eigenvalue weighted by Crippen LogP contribution is -2.27. The number of methoxy groups -OCH3 is 1. The Bertz CT molecular complexity index is 616. The van der Waals surface area contributed by atoms with Gasteiger partial charge in [-0.15, -0.1) is 0 Å². The van der Waals surface area contributed by atoms with E-state index in [1.165, 1.54) is 18.2 Å². The van der Waals surface area contributed by atoms with Gasteiger partial charge in [-0.1, -0.05) is 35.9 Å². The van der Waals surface area contributed by atoms with Crippen molar-refractivity contribution in [3.05, 3.63) is 59.4 Å². The molecule has 1 heterocycles. The second kappa shape index (κ2) is 6.93. The normalized spacial score (nSPS) is 17.0. The van der Waals surface area contributed by atoms with Crippen molar-refractivity contribution in [2.45, 2.75) is 19.8 Å². The number of aryl methyl sites for hydroxylation is 1. The van der Waals surface area contributed by atoms with Gasteiger partial charge in [-0.05, 0) is 19.4 Å². The van der Waals surface area contributed by atoms with Crippen LogP contribution in [0.15, 0.2) is 48.3 Å². The van der Waals surface area contributed by atoms with Gasteiger partial charge in [-0.2, -0.15) is 0 Å². The molecule has 0 spiro atoms. The third-order valence-corrected chi connectivity index (χ3v) is 3.39. The van der Waals surface area contributed by atoms with E-state index in [4.69, 9.17) is 9.47 Å². The Morgan fingerprint density at radius 1 is 1.23 bits per heavy atom. The zero-order valence-electron chi connectivity index (χ0n) is 12.9. The van der Waals surface area contributed by atoms with Crippen molar-refractivity contribution in [1.82, 2.24) is 4.90 Å². The minimum absolute atomic E-state index is 0.251. The van der Waals surface area contributed by atoms with Crippen LogP contribution in [0.2, 0.25) is 0 Å². The summed E-state index contributed by atoms with van der Waals surface area (Å²) in [6.45, 7) is 4.00. The van der Waals surface area contributed by atoms with Crippen molar-refractivity contribution >= 4 is 12.1 Å². The molecule has 1 aliphatic rings. The molecule has 0 radical (unpaired) electrons. The van der Waals surface area contributed by atoms with Crippen LogP contribution in [0.5, 0.6) is 0 Å². The van der Waals surface area contributed by atoms with Gasteiger partial charge in [0.05, 0.1) is 19.3 Å². The molecular weight excluding hydrogens is 282 g/mol. The van der Waals surface area contributed by atoms with Gasteiger partial charge >= 0.3 is 12.1 Å². The fourth-order valence-corrected chi connectivity index (χ4v) is 2.23. The summed E-state index contributed by atoms with van der Waals surface area (Å²) in [7, 11) is 1.32. The summed E-state index contributed by atoms with van der Waals surface area (Å²) in [5.41, 5.74) is 2.49. The Hall–Kier alpha value is -2.56. The van der Waals surface area contributed by atoms with Gasteiger partial charge in [-0.3, -0.25) is 4.90 Å². The maximum absolute atomic E-state index is 12.0. The molecule has 0 bridgehead atoms. The lowest BCUT2D eigenvalue weighted by molar-refractivity contribution is -0.136. The fraction of sp³-hybridized carbons (Fsp3) is 0.294. The number of rotatable bonds is 3. The highest BCUT2D eigenvalue weighted by Crippen LogP contribution is 2.31. The third-order valence-electron chi connectivity index (χ3n) is 3.39. The Morgan fingerprint density at radius 3 is 2.50 bits per heavy atom. The lowest BCUT2D eigenvalue weighted by atomic mass is 9.89. The molecule has 0 saturated carbocycles. The molecular formula is C17H19NO4. The first-order valence-electron chi connectivity index (χ1n) is 7.06. The van der Waals surface area contributed by atoms with Crippen molar-refractivity contribution in [2.24, 2.45) is 0 Å². The summed E-state index contributed by atoms with van der Waals surface area (Å²) in [5.74, 6) is -0.719. The van der Waals surface area contributed by atoms with Crippen LogP contribution in [-0.2, 0) is 14.3 Å². The molecule has 1 atom stereocenters. The monoisotopic (exact) mass is 301 g/mol. The minimum atomic E-state index is -0.525. The number of hydrogen-bond donors (Lipinski definition) is 0. The zero-order chi connectivity index (χ0) is 16.1. The average Bonchev–Trinajstić information content (AvgIpc) is 2.54. The molecule has 1 amide bonds. The molecule has 1 aromatic rings. The van der Waals surface area contributed by atoms with E-state index in [-0.39, 0.29) is 12.5 Å². The lowest BCUT2D eigenvalue weighted by Gasteiger charge is -2.24. The van der Waals surface area contributed by atoms with Crippen LogP contribution in [-0.4, -0.2) is 30.7 Å². The maximum Gasteiger partial charge on any atom is 0.417 e. The number of benzene rings is 1. The second-order valence-electron chi connectivity index (χ2n) is 4.91. The molecule has 5 heteroatoms. The standard InChI is InChI=1S/C17H19NO4/c1-4-22-17(20)18-10-9-14(15(11-18)16(19)21-3)13-7-5-12(2)6-8-13/h5-11,14H,4H2,1-3H3. The van der Waals surface area contributed by atoms with Crippen molar-refractivity contribution in [3.63, 3.8) is 0 Å². The molecule has 0 aliphatic carbocycles. The van der Waals surface area contributed by atoms with Crippen LogP contribution in [0, 0.1) is 6.92 Å². The largest absolute Gasteiger partial charge is 0.466 e. The number of carbonyl (C=O) groups excluding carboxylic acids is 2. The SMILES string of the molecule is CCOC(=O)N1C=CC(c2ccc(C)cc2)C(C(=O)OC)=C1. The second-order valence-corrected chi connectivity index (χ2v) is 4.91. The Morgan fingerprint density at radius 2 is 1.91 bits per heavy atom. The molecule has 5 nitrogen and oxygen atoms in total. The molecule has 2 rings (SSSR count). The van der Waals surface area contributed by atoms with E-state index in [1.807, 2.05) is 31.2 Å². The summed E-state index contributed by atoms with van der Waals surface area (Å²) >= 11 is 0. The van der Waals surface area contributed by atoms with Gasteiger partial charge in [-0.25, -0.2) is 9.59 Å². The maximum atomic E-state index is 12.0. The highest BCUT2D eigenvalue weighted by Gasteiger charge is 2.27. The number of carbonyl (C=O) groups is 2. The van der Waals surface area contributed by atoms with E-state index >= 15 is 0 Å². The van der Waals surface area contributed by atoms with Gasteiger partial charge in [0.1, 0.15) is 0 Å². The van der Waals surface area contributed by atoms with Crippen LogP contribution < -0.4 is 0 Å². The van der Waals surface area contributed by atoms with Crippen LogP contribution >= 0.6 is 0 Å². The van der Waals surface area contributed by atoms with E-state index in [0.717, 1.165) is 11.1 Å². The van der Waals surface area contributed by atoms with Crippen LogP contribution in [0.3, 0.4) is 0 Å². The van der Waals surface area contributed by atoms with Gasteiger partial charge in [0, 0.05) is 18.3 Å². The predicted octanol–water partition coefficient (Wildman–Crippen LogP) is 3.12. The zero-order valence-corrected chi connectivity index (χ0v) is 12.9. The number of esters is 1. The van der Waals surface area contributed by atoms with Crippen LogP contribution in [0.4, 0.5) is 4.79 Å².